The Morgan fingerprint density at radius 2 is 2.11 bits per heavy atom. The molecule has 0 radical (unpaired) electrons. The Morgan fingerprint density at radius 3 is 2.89 bits per heavy atom. The lowest BCUT2D eigenvalue weighted by atomic mass is 10.2. The van der Waals surface area contributed by atoms with E-state index in [4.69, 9.17) is 4.74 Å². The highest BCUT2D eigenvalue weighted by atomic mass is 79.9. The Morgan fingerprint density at radius 1 is 1.26 bits per heavy atom. The van der Waals surface area contributed by atoms with Gasteiger partial charge in [0.2, 0.25) is 5.13 Å². The van der Waals surface area contributed by atoms with Crippen LogP contribution in [-0.4, -0.2) is 16.7 Å². The summed E-state index contributed by atoms with van der Waals surface area (Å²) in [4.78, 5) is 0. The highest BCUT2D eigenvalue weighted by Crippen LogP contribution is 2.19. The molecule has 0 aliphatic heterocycles. The molecule has 102 valence electrons. The van der Waals surface area contributed by atoms with E-state index in [1.165, 1.54) is 0 Å². The Labute approximate surface area is 125 Å². The van der Waals surface area contributed by atoms with Crippen molar-refractivity contribution in [1.82, 2.24) is 10.2 Å². The second kappa shape index (κ2) is 7.57. The van der Waals surface area contributed by atoms with E-state index >= 15 is 0 Å². The first-order chi connectivity index (χ1) is 9.29. The standard InChI is InChI=1S/C13H16BrN3OS/c1-2-7-15-13-17-16-12(19-13)9-18-8-10-5-3-4-6-11(10)14/h3-6H,2,7-9H2,1H3,(H,15,17). The highest BCUT2D eigenvalue weighted by Gasteiger charge is 2.04. The molecule has 0 atom stereocenters. The van der Waals surface area contributed by atoms with Crippen molar-refractivity contribution in [3.8, 4) is 0 Å². The van der Waals surface area contributed by atoms with Crippen molar-refractivity contribution in [1.29, 1.82) is 0 Å². The molecule has 1 aromatic carbocycles. The smallest absolute Gasteiger partial charge is 0.205 e. The molecule has 1 heterocycles. The summed E-state index contributed by atoms with van der Waals surface area (Å²) in [6.45, 7) is 4.10. The van der Waals surface area contributed by atoms with Crippen LogP contribution >= 0.6 is 27.3 Å². The SMILES string of the molecule is CCCNc1nnc(COCc2ccccc2Br)s1. The van der Waals surface area contributed by atoms with Crippen molar-refractivity contribution in [2.45, 2.75) is 26.6 Å². The quantitative estimate of drug-likeness (QED) is 0.831. The molecule has 2 aromatic rings. The summed E-state index contributed by atoms with van der Waals surface area (Å²) in [7, 11) is 0. The van der Waals surface area contributed by atoms with Crippen molar-refractivity contribution in [2.24, 2.45) is 0 Å². The number of nitrogens with zero attached hydrogens (tertiary/aromatic N) is 2. The van der Waals surface area contributed by atoms with Gasteiger partial charge >= 0.3 is 0 Å². The van der Waals surface area contributed by atoms with Crippen LogP contribution in [0.1, 0.15) is 23.9 Å². The topological polar surface area (TPSA) is 47.0 Å². The Bertz CT molecular complexity index is 518. The summed E-state index contributed by atoms with van der Waals surface area (Å²) >= 11 is 5.04. The van der Waals surface area contributed by atoms with Gasteiger partial charge in [-0.1, -0.05) is 52.4 Å². The molecular weight excluding hydrogens is 326 g/mol. The normalized spacial score (nSPS) is 10.6. The van der Waals surface area contributed by atoms with Crippen LogP contribution in [0.4, 0.5) is 5.13 Å². The number of benzene rings is 1. The second-order valence-corrected chi connectivity index (χ2v) is 5.93. The van der Waals surface area contributed by atoms with Gasteiger partial charge in [-0.25, -0.2) is 0 Å². The first-order valence-corrected chi connectivity index (χ1v) is 7.78. The van der Waals surface area contributed by atoms with E-state index in [0.717, 1.165) is 33.1 Å². The van der Waals surface area contributed by atoms with Crippen molar-refractivity contribution < 1.29 is 4.74 Å². The third-order valence-electron chi connectivity index (χ3n) is 2.43. The molecule has 0 amide bonds. The van der Waals surface area contributed by atoms with E-state index < -0.39 is 0 Å². The van der Waals surface area contributed by atoms with E-state index in [2.05, 4.69) is 38.4 Å². The van der Waals surface area contributed by atoms with E-state index in [1.54, 1.807) is 11.3 Å². The van der Waals surface area contributed by atoms with E-state index in [0.29, 0.717) is 13.2 Å². The molecule has 0 aliphatic rings. The van der Waals surface area contributed by atoms with Crippen LogP contribution in [0, 0.1) is 0 Å². The number of nitrogens with one attached hydrogen (secondary N) is 1. The molecule has 19 heavy (non-hydrogen) atoms. The number of rotatable bonds is 7. The molecule has 0 aliphatic carbocycles. The third-order valence-corrected chi connectivity index (χ3v) is 4.06. The van der Waals surface area contributed by atoms with Crippen molar-refractivity contribution in [3.05, 3.63) is 39.3 Å². The maximum Gasteiger partial charge on any atom is 0.205 e. The molecule has 1 N–H and O–H groups in total. The molecule has 0 bridgehead atoms. The fraction of sp³-hybridized carbons (Fsp3) is 0.385. The van der Waals surface area contributed by atoms with Crippen LogP contribution in [0.25, 0.3) is 0 Å². The Balaban J connectivity index is 1.79. The lowest BCUT2D eigenvalue weighted by Crippen LogP contribution is -1.98. The minimum Gasteiger partial charge on any atom is -0.369 e. The molecule has 0 saturated heterocycles. The van der Waals surface area contributed by atoms with E-state index in [1.807, 2.05) is 24.3 Å². The number of hydrogen-bond acceptors (Lipinski definition) is 5. The zero-order chi connectivity index (χ0) is 13.5. The van der Waals surface area contributed by atoms with E-state index in [9.17, 15) is 0 Å². The van der Waals surface area contributed by atoms with Crippen LogP contribution in [0.5, 0.6) is 0 Å². The molecule has 1 aromatic heterocycles. The lowest BCUT2D eigenvalue weighted by molar-refractivity contribution is 0.106. The van der Waals surface area contributed by atoms with Crippen LogP contribution < -0.4 is 5.32 Å². The maximum absolute atomic E-state index is 5.65. The maximum atomic E-state index is 5.65. The molecular formula is C13H16BrN3OS. The zero-order valence-electron chi connectivity index (χ0n) is 10.7. The van der Waals surface area contributed by atoms with Gasteiger partial charge in [-0.2, -0.15) is 0 Å². The largest absolute Gasteiger partial charge is 0.369 e. The van der Waals surface area contributed by atoms with Crippen LogP contribution in [0.15, 0.2) is 28.7 Å². The van der Waals surface area contributed by atoms with Gasteiger partial charge in [0.25, 0.3) is 0 Å². The summed E-state index contributed by atoms with van der Waals surface area (Å²) in [5, 5.41) is 13.1. The fourth-order valence-corrected chi connectivity index (χ4v) is 2.58. The Kier molecular flexibility index (Phi) is 5.75. The van der Waals surface area contributed by atoms with E-state index in [-0.39, 0.29) is 0 Å². The molecule has 0 fully saturated rings. The molecule has 6 heteroatoms. The summed E-state index contributed by atoms with van der Waals surface area (Å²) in [6.07, 6.45) is 1.08. The predicted octanol–water partition coefficient (Wildman–Crippen LogP) is 3.84. The first-order valence-electron chi connectivity index (χ1n) is 6.17. The van der Waals surface area contributed by atoms with Gasteiger partial charge in [0.1, 0.15) is 11.6 Å². The van der Waals surface area contributed by atoms with Crippen LogP contribution in [0.3, 0.4) is 0 Å². The number of hydrogen-bond donors (Lipinski definition) is 1. The van der Waals surface area contributed by atoms with Crippen molar-refractivity contribution in [2.75, 3.05) is 11.9 Å². The molecule has 0 unspecified atom stereocenters. The lowest BCUT2D eigenvalue weighted by Gasteiger charge is -2.04. The van der Waals surface area contributed by atoms with Crippen molar-refractivity contribution >= 4 is 32.4 Å². The average Bonchev–Trinajstić information content (AvgIpc) is 2.86. The van der Waals surface area contributed by atoms with Crippen molar-refractivity contribution in [3.63, 3.8) is 0 Å². The number of aromatic nitrogens is 2. The molecule has 2 rings (SSSR count). The number of halogens is 1. The second-order valence-electron chi connectivity index (χ2n) is 4.01. The number of anilines is 1. The first kappa shape index (κ1) is 14.4. The van der Waals surface area contributed by atoms with Gasteiger partial charge in [0.05, 0.1) is 6.61 Å². The summed E-state index contributed by atoms with van der Waals surface area (Å²) < 4.78 is 6.72. The monoisotopic (exact) mass is 341 g/mol. The van der Waals surface area contributed by atoms with Gasteiger partial charge in [0, 0.05) is 11.0 Å². The van der Waals surface area contributed by atoms with Gasteiger partial charge < -0.3 is 10.1 Å². The number of ether oxygens (including phenoxy) is 1. The third kappa shape index (κ3) is 4.56. The molecule has 0 saturated carbocycles. The van der Waals surface area contributed by atoms with Gasteiger partial charge in [-0.05, 0) is 18.1 Å². The van der Waals surface area contributed by atoms with Crippen LogP contribution in [0.2, 0.25) is 0 Å². The summed E-state index contributed by atoms with van der Waals surface area (Å²) in [5.41, 5.74) is 1.14. The van der Waals surface area contributed by atoms with Gasteiger partial charge in [-0.15, -0.1) is 10.2 Å². The van der Waals surface area contributed by atoms with Crippen LogP contribution in [-0.2, 0) is 18.0 Å². The van der Waals surface area contributed by atoms with Gasteiger partial charge in [-0.3, -0.25) is 0 Å². The highest BCUT2D eigenvalue weighted by molar-refractivity contribution is 9.10. The summed E-state index contributed by atoms with van der Waals surface area (Å²) in [5.74, 6) is 0. The fourth-order valence-electron chi connectivity index (χ4n) is 1.48. The van der Waals surface area contributed by atoms with Gasteiger partial charge in [0.15, 0.2) is 0 Å². The molecule has 0 spiro atoms. The predicted molar refractivity (Wildman–Crippen MR) is 81.3 cm³/mol. The Hall–Kier alpha value is -0.980. The molecule has 4 nitrogen and oxygen atoms in total. The zero-order valence-corrected chi connectivity index (χ0v) is 13.1. The summed E-state index contributed by atoms with van der Waals surface area (Å²) in [6, 6.07) is 8.04. The average molecular weight is 342 g/mol. The minimum atomic E-state index is 0.493. The minimum absolute atomic E-state index is 0.493.